The lowest BCUT2D eigenvalue weighted by Gasteiger charge is -2.28. The average molecular weight is 395 g/mol. The highest BCUT2D eigenvalue weighted by atomic mass is 16.5. The van der Waals surface area contributed by atoms with Gasteiger partial charge >= 0.3 is 5.97 Å². The van der Waals surface area contributed by atoms with Gasteiger partial charge in [-0.1, -0.05) is 117 Å². The minimum absolute atomic E-state index is 0.0305. The summed E-state index contributed by atoms with van der Waals surface area (Å²) in [5.74, 6) is 1.76. The molecule has 1 aliphatic rings. The van der Waals surface area contributed by atoms with E-state index in [0.29, 0.717) is 6.61 Å². The molecule has 1 saturated carbocycles. The quantitative estimate of drug-likeness (QED) is 0.183. The number of rotatable bonds is 17. The maximum atomic E-state index is 12.2. The molecule has 1 rings (SSSR count). The molecule has 166 valence electrons. The highest BCUT2D eigenvalue weighted by Gasteiger charge is 2.22. The van der Waals surface area contributed by atoms with E-state index in [1.165, 1.54) is 103 Å². The second-order valence-electron chi connectivity index (χ2n) is 9.56. The second kappa shape index (κ2) is 17.3. The zero-order valence-corrected chi connectivity index (χ0v) is 19.5. The van der Waals surface area contributed by atoms with Gasteiger partial charge in [-0.05, 0) is 31.1 Å². The Kier molecular flexibility index (Phi) is 15.8. The van der Waals surface area contributed by atoms with Crippen LogP contribution in [0.5, 0.6) is 0 Å². The predicted octanol–water partition coefficient (Wildman–Crippen LogP) is 8.47. The first kappa shape index (κ1) is 25.5. The Morgan fingerprint density at radius 2 is 1.32 bits per heavy atom. The van der Waals surface area contributed by atoms with E-state index < -0.39 is 0 Å². The fourth-order valence-corrected chi connectivity index (χ4v) is 4.65. The van der Waals surface area contributed by atoms with Crippen molar-refractivity contribution < 1.29 is 9.53 Å². The molecule has 0 N–H and O–H groups in total. The van der Waals surface area contributed by atoms with Crippen LogP contribution in [-0.2, 0) is 9.53 Å². The fourth-order valence-electron chi connectivity index (χ4n) is 4.65. The van der Waals surface area contributed by atoms with Crippen molar-refractivity contribution in [2.45, 2.75) is 136 Å². The van der Waals surface area contributed by atoms with E-state index in [2.05, 4.69) is 20.8 Å². The van der Waals surface area contributed by atoms with E-state index in [-0.39, 0.29) is 11.9 Å². The molecule has 0 saturated heterocycles. The summed E-state index contributed by atoms with van der Waals surface area (Å²) in [7, 11) is 0. The number of esters is 1. The van der Waals surface area contributed by atoms with Gasteiger partial charge in [0.05, 0.1) is 12.5 Å². The van der Waals surface area contributed by atoms with Gasteiger partial charge in [0.2, 0.25) is 0 Å². The first-order valence-corrected chi connectivity index (χ1v) is 12.8. The molecule has 2 nitrogen and oxygen atoms in total. The molecule has 0 aromatic carbocycles. The fraction of sp³-hybridized carbons (Fsp3) is 0.962. The van der Waals surface area contributed by atoms with Crippen LogP contribution in [0.3, 0.4) is 0 Å². The van der Waals surface area contributed by atoms with Gasteiger partial charge in [-0.25, -0.2) is 0 Å². The lowest BCUT2D eigenvalue weighted by Crippen LogP contribution is -2.19. The minimum atomic E-state index is 0.0305. The Morgan fingerprint density at radius 3 is 1.89 bits per heavy atom. The normalized spacial score (nSPS) is 17.4. The average Bonchev–Trinajstić information content (AvgIpc) is 2.73. The Labute approximate surface area is 176 Å². The number of ether oxygens (including phenoxy) is 1. The van der Waals surface area contributed by atoms with E-state index in [1.807, 2.05) is 0 Å². The van der Waals surface area contributed by atoms with Crippen LogP contribution in [-0.4, -0.2) is 12.6 Å². The Hall–Kier alpha value is -0.530. The number of hydrogen-bond acceptors (Lipinski definition) is 2. The highest BCUT2D eigenvalue weighted by molar-refractivity contribution is 5.71. The van der Waals surface area contributed by atoms with Crippen LogP contribution in [0.1, 0.15) is 136 Å². The third-order valence-corrected chi connectivity index (χ3v) is 6.90. The molecular formula is C26H50O2. The molecular weight excluding hydrogens is 344 g/mol. The highest BCUT2D eigenvalue weighted by Crippen LogP contribution is 2.32. The zero-order valence-electron chi connectivity index (χ0n) is 19.5. The molecule has 1 aliphatic carbocycles. The van der Waals surface area contributed by atoms with Gasteiger partial charge in [-0.15, -0.1) is 0 Å². The summed E-state index contributed by atoms with van der Waals surface area (Å²) in [5, 5.41) is 0. The summed E-state index contributed by atoms with van der Waals surface area (Å²) < 4.78 is 5.53. The van der Waals surface area contributed by atoms with E-state index in [4.69, 9.17) is 4.74 Å². The first-order valence-electron chi connectivity index (χ1n) is 12.8. The molecule has 0 aliphatic heterocycles. The lowest BCUT2D eigenvalue weighted by atomic mass is 9.78. The Bertz CT molecular complexity index is 359. The molecule has 0 aromatic heterocycles. The van der Waals surface area contributed by atoms with Crippen molar-refractivity contribution in [2.75, 3.05) is 6.61 Å². The molecule has 0 amide bonds. The van der Waals surface area contributed by atoms with Crippen LogP contribution >= 0.6 is 0 Å². The van der Waals surface area contributed by atoms with Crippen LogP contribution in [0, 0.1) is 17.8 Å². The number of carbonyl (C=O) groups excluding carboxylic acids is 1. The predicted molar refractivity (Wildman–Crippen MR) is 122 cm³/mol. The van der Waals surface area contributed by atoms with Crippen molar-refractivity contribution in [1.29, 1.82) is 0 Å². The molecule has 0 radical (unpaired) electrons. The van der Waals surface area contributed by atoms with E-state index in [1.54, 1.807) is 0 Å². The SMILES string of the molecule is CCCCCCCCCCCCCOC(=O)C(C)CCC(C)C1CCCCC1. The van der Waals surface area contributed by atoms with Gasteiger partial charge in [-0.3, -0.25) is 4.79 Å². The monoisotopic (exact) mass is 394 g/mol. The standard InChI is InChI=1S/C26H50O2/c1-4-5-6-7-8-9-10-11-12-13-17-22-28-26(27)24(3)21-20-23(2)25-18-15-14-16-19-25/h23-25H,4-22H2,1-3H3. The molecule has 2 unspecified atom stereocenters. The zero-order chi connectivity index (χ0) is 20.5. The van der Waals surface area contributed by atoms with Gasteiger partial charge in [0, 0.05) is 0 Å². The van der Waals surface area contributed by atoms with Crippen molar-refractivity contribution in [3.8, 4) is 0 Å². The van der Waals surface area contributed by atoms with Crippen molar-refractivity contribution in [2.24, 2.45) is 17.8 Å². The van der Waals surface area contributed by atoms with E-state index in [0.717, 1.165) is 24.7 Å². The number of hydrogen-bond donors (Lipinski definition) is 0. The largest absolute Gasteiger partial charge is 0.465 e. The smallest absolute Gasteiger partial charge is 0.308 e. The van der Waals surface area contributed by atoms with Crippen LogP contribution in [0.4, 0.5) is 0 Å². The molecule has 28 heavy (non-hydrogen) atoms. The van der Waals surface area contributed by atoms with Gasteiger partial charge in [0.25, 0.3) is 0 Å². The first-order chi connectivity index (χ1) is 13.6. The molecule has 0 spiro atoms. The topological polar surface area (TPSA) is 26.3 Å². The molecule has 0 aromatic rings. The maximum absolute atomic E-state index is 12.2. The molecule has 0 heterocycles. The van der Waals surface area contributed by atoms with E-state index in [9.17, 15) is 4.79 Å². The van der Waals surface area contributed by atoms with Crippen molar-refractivity contribution >= 4 is 5.97 Å². The van der Waals surface area contributed by atoms with Gasteiger partial charge < -0.3 is 4.74 Å². The number of unbranched alkanes of at least 4 members (excludes halogenated alkanes) is 10. The van der Waals surface area contributed by atoms with Crippen LogP contribution in [0.25, 0.3) is 0 Å². The van der Waals surface area contributed by atoms with Crippen molar-refractivity contribution in [1.82, 2.24) is 0 Å². The molecule has 2 heteroatoms. The molecule has 1 fully saturated rings. The van der Waals surface area contributed by atoms with Crippen LogP contribution in [0.2, 0.25) is 0 Å². The summed E-state index contributed by atoms with van der Waals surface area (Å²) in [6.45, 7) is 7.34. The summed E-state index contributed by atoms with van der Waals surface area (Å²) in [4.78, 5) is 12.2. The van der Waals surface area contributed by atoms with Crippen molar-refractivity contribution in [3.05, 3.63) is 0 Å². The minimum Gasteiger partial charge on any atom is -0.465 e. The summed E-state index contributed by atoms with van der Waals surface area (Å²) in [6, 6.07) is 0. The van der Waals surface area contributed by atoms with Gasteiger partial charge in [0.1, 0.15) is 0 Å². The Balaban J connectivity index is 1.91. The third kappa shape index (κ3) is 12.8. The Morgan fingerprint density at radius 1 is 0.786 bits per heavy atom. The molecule has 0 bridgehead atoms. The summed E-state index contributed by atoms with van der Waals surface area (Å²) in [6.07, 6.45) is 23.9. The third-order valence-electron chi connectivity index (χ3n) is 6.90. The van der Waals surface area contributed by atoms with Crippen LogP contribution < -0.4 is 0 Å². The van der Waals surface area contributed by atoms with Crippen molar-refractivity contribution in [3.63, 3.8) is 0 Å². The van der Waals surface area contributed by atoms with Crippen LogP contribution in [0.15, 0.2) is 0 Å². The summed E-state index contributed by atoms with van der Waals surface area (Å²) >= 11 is 0. The second-order valence-corrected chi connectivity index (χ2v) is 9.56. The number of carbonyl (C=O) groups is 1. The lowest BCUT2D eigenvalue weighted by molar-refractivity contribution is -0.148. The molecule has 2 atom stereocenters. The van der Waals surface area contributed by atoms with E-state index >= 15 is 0 Å². The van der Waals surface area contributed by atoms with Gasteiger partial charge in [0.15, 0.2) is 0 Å². The maximum Gasteiger partial charge on any atom is 0.308 e. The van der Waals surface area contributed by atoms with Gasteiger partial charge in [-0.2, -0.15) is 0 Å². The summed E-state index contributed by atoms with van der Waals surface area (Å²) in [5.41, 5.74) is 0.